The smallest absolute Gasteiger partial charge is 0.252 e. The lowest BCUT2D eigenvalue weighted by molar-refractivity contribution is -0.132. The third-order valence-electron chi connectivity index (χ3n) is 4.02. The second kappa shape index (κ2) is 7.22. The molecule has 8 nitrogen and oxygen atoms in total. The van der Waals surface area contributed by atoms with Crippen molar-refractivity contribution in [3.8, 4) is 0 Å². The van der Waals surface area contributed by atoms with Crippen LogP contribution in [0.15, 0.2) is 20.8 Å². The molecule has 1 aliphatic rings. The van der Waals surface area contributed by atoms with E-state index in [1.54, 1.807) is 24.0 Å². The number of hydrogen-bond donors (Lipinski definition) is 0. The van der Waals surface area contributed by atoms with Crippen molar-refractivity contribution in [1.82, 2.24) is 19.4 Å². The Kier molecular flexibility index (Phi) is 5.21. The van der Waals surface area contributed by atoms with Crippen LogP contribution in [0.3, 0.4) is 0 Å². The Morgan fingerprint density at radius 2 is 1.92 bits per heavy atom. The molecule has 0 bridgehead atoms. The van der Waals surface area contributed by atoms with E-state index in [1.165, 1.54) is 15.6 Å². The first kappa shape index (κ1) is 18.0. The van der Waals surface area contributed by atoms with Crippen molar-refractivity contribution in [3.05, 3.63) is 28.8 Å². The third-order valence-corrected chi connectivity index (χ3v) is 7.39. The van der Waals surface area contributed by atoms with Gasteiger partial charge in [-0.25, -0.2) is 8.42 Å². The minimum absolute atomic E-state index is 0.0279. The quantitative estimate of drug-likeness (QED) is 0.769. The van der Waals surface area contributed by atoms with Crippen LogP contribution in [0.25, 0.3) is 0 Å². The van der Waals surface area contributed by atoms with Gasteiger partial charge in [0, 0.05) is 50.8 Å². The van der Waals surface area contributed by atoms with Crippen LogP contribution < -0.4 is 0 Å². The fourth-order valence-corrected chi connectivity index (χ4v) is 5.53. The van der Waals surface area contributed by atoms with Gasteiger partial charge in [0.15, 0.2) is 0 Å². The number of carbonyl (C=O) groups excluding carboxylic acids is 1. The summed E-state index contributed by atoms with van der Waals surface area (Å²) in [6, 6.07) is 3.44. The molecule has 2 aromatic heterocycles. The average molecular weight is 384 g/mol. The molecule has 0 aliphatic carbocycles. The predicted octanol–water partition coefficient (Wildman–Crippen LogP) is 1.21. The van der Waals surface area contributed by atoms with Gasteiger partial charge in [-0.1, -0.05) is 0 Å². The predicted molar refractivity (Wildman–Crippen MR) is 91.8 cm³/mol. The van der Waals surface area contributed by atoms with Crippen LogP contribution in [0.5, 0.6) is 0 Å². The topological polar surface area (TPSA) is 96.6 Å². The first-order chi connectivity index (χ1) is 11.9. The van der Waals surface area contributed by atoms with Crippen LogP contribution in [0.2, 0.25) is 0 Å². The van der Waals surface area contributed by atoms with Gasteiger partial charge in [-0.05, 0) is 19.1 Å². The number of nitrogens with zero attached hydrogens (tertiary/aromatic N) is 4. The summed E-state index contributed by atoms with van der Waals surface area (Å²) in [6.45, 7) is 4.99. The molecule has 0 atom stereocenters. The maximum atomic E-state index is 12.6. The largest absolute Gasteiger partial charge is 0.426 e. The molecule has 0 N–H and O–H groups in total. The molecular weight excluding hydrogens is 364 g/mol. The molecule has 0 unspecified atom stereocenters. The molecule has 0 aromatic carbocycles. The van der Waals surface area contributed by atoms with Gasteiger partial charge in [0.05, 0.1) is 0 Å². The molecule has 1 fully saturated rings. The molecule has 136 valence electrons. The number of hydrogen-bond acceptors (Lipinski definition) is 7. The van der Waals surface area contributed by atoms with Gasteiger partial charge in [-0.3, -0.25) is 4.79 Å². The third kappa shape index (κ3) is 4.07. The van der Waals surface area contributed by atoms with Crippen LogP contribution in [0, 0.1) is 13.8 Å². The van der Waals surface area contributed by atoms with Crippen molar-refractivity contribution in [2.24, 2.45) is 0 Å². The second-order valence-electron chi connectivity index (χ2n) is 5.86. The fourth-order valence-electron chi connectivity index (χ4n) is 2.67. The highest BCUT2D eigenvalue weighted by atomic mass is 32.2. The zero-order chi connectivity index (χ0) is 18.0. The average Bonchev–Trinajstić information content (AvgIpc) is 3.21. The van der Waals surface area contributed by atoms with Gasteiger partial charge in [0.2, 0.25) is 17.7 Å². The highest BCUT2D eigenvalue weighted by Crippen LogP contribution is 2.25. The molecule has 1 saturated heterocycles. The van der Waals surface area contributed by atoms with Gasteiger partial charge in [-0.15, -0.1) is 21.5 Å². The summed E-state index contributed by atoms with van der Waals surface area (Å²) < 4.78 is 32.3. The molecule has 2 aromatic rings. The number of amides is 1. The van der Waals surface area contributed by atoms with E-state index in [0.717, 1.165) is 4.88 Å². The van der Waals surface area contributed by atoms with E-state index < -0.39 is 10.0 Å². The van der Waals surface area contributed by atoms with E-state index in [0.29, 0.717) is 48.6 Å². The lowest BCUT2D eigenvalue weighted by Crippen LogP contribution is -2.50. The normalized spacial score (nSPS) is 16.3. The zero-order valence-corrected chi connectivity index (χ0v) is 15.8. The van der Waals surface area contributed by atoms with E-state index in [-0.39, 0.29) is 12.3 Å². The summed E-state index contributed by atoms with van der Waals surface area (Å²) in [6.07, 6.45) is 0.672. The Hall–Kier alpha value is -1.78. The standard InChI is InChI=1S/C15H20N4O4S2/c1-11-3-6-15(24-11)25(21,22)19-9-7-18(8-10-19)14(20)5-4-13-17-16-12(2)23-13/h3,6H,4-5,7-10H2,1-2H3. The van der Waals surface area contributed by atoms with Gasteiger partial charge < -0.3 is 9.32 Å². The first-order valence-corrected chi connectivity index (χ1v) is 10.3. The van der Waals surface area contributed by atoms with Crippen LogP contribution in [0.4, 0.5) is 0 Å². The number of thiophene rings is 1. The molecule has 1 amide bonds. The molecule has 1 aliphatic heterocycles. The van der Waals surface area contributed by atoms with E-state index in [1.807, 2.05) is 6.92 Å². The number of aromatic nitrogens is 2. The maximum absolute atomic E-state index is 12.6. The summed E-state index contributed by atoms with van der Waals surface area (Å²) in [5.74, 6) is 0.894. The van der Waals surface area contributed by atoms with Gasteiger partial charge in [0.1, 0.15) is 4.21 Å². The van der Waals surface area contributed by atoms with Crippen LogP contribution in [-0.4, -0.2) is 59.9 Å². The molecule has 25 heavy (non-hydrogen) atoms. The van der Waals surface area contributed by atoms with Crippen LogP contribution in [-0.2, 0) is 21.2 Å². The molecule has 3 heterocycles. The number of rotatable bonds is 5. The first-order valence-electron chi connectivity index (χ1n) is 7.99. The molecule has 0 radical (unpaired) electrons. The van der Waals surface area contributed by atoms with E-state index in [2.05, 4.69) is 10.2 Å². The summed E-state index contributed by atoms with van der Waals surface area (Å²) in [7, 11) is -3.46. The van der Waals surface area contributed by atoms with Gasteiger partial charge in [0.25, 0.3) is 10.0 Å². The van der Waals surface area contributed by atoms with Crippen molar-refractivity contribution in [2.45, 2.75) is 30.9 Å². The number of carbonyl (C=O) groups is 1. The van der Waals surface area contributed by atoms with E-state index in [4.69, 9.17) is 4.42 Å². The fraction of sp³-hybridized carbons (Fsp3) is 0.533. The summed E-state index contributed by atoms with van der Waals surface area (Å²) in [4.78, 5) is 14.9. The van der Waals surface area contributed by atoms with Crippen molar-refractivity contribution in [1.29, 1.82) is 0 Å². The Morgan fingerprint density at radius 3 is 2.48 bits per heavy atom. The lowest BCUT2D eigenvalue weighted by Gasteiger charge is -2.33. The monoisotopic (exact) mass is 384 g/mol. The molecule has 0 spiro atoms. The Bertz CT molecular complexity index is 851. The minimum atomic E-state index is -3.46. The summed E-state index contributed by atoms with van der Waals surface area (Å²) in [5.41, 5.74) is 0. The molecule has 10 heteroatoms. The number of sulfonamides is 1. The van der Waals surface area contributed by atoms with E-state index in [9.17, 15) is 13.2 Å². The van der Waals surface area contributed by atoms with Crippen molar-refractivity contribution in [3.63, 3.8) is 0 Å². The Morgan fingerprint density at radius 1 is 1.20 bits per heavy atom. The Balaban J connectivity index is 1.53. The molecule has 3 rings (SSSR count). The Labute approximate surface area is 150 Å². The van der Waals surface area contributed by atoms with Crippen molar-refractivity contribution in [2.75, 3.05) is 26.2 Å². The highest BCUT2D eigenvalue weighted by Gasteiger charge is 2.30. The lowest BCUT2D eigenvalue weighted by atomic mass is 10.2. The van der Waals surface area contributed by atoms with Crippen LogP contribution in [0.1, 0.15) is 23.1 Å². The maximum Gasteiger partial charge on any atom is 0.252 e. The highest BCUT2D eigenvalue weighted by molar-refractivity contribution is 7.91. The minimum Gasteiger partial charge on any atom is -0.426 e. The zero-order valence-electron chi connectivity index (χ0n) is 14.1. The number of piperazine rings is 1. The molecular formula is C15H20N4O4S2. The van der Waals surface area contributed by atoms with Gasteiger partial charge >= 0.3 is 0 Å². The number of aryl methyl sites for hydroxylation is 3. The SMILES string of the molecule is Cc1nnc(CCC(=O)N2CCN(S(=O)(=O)c3ccc(C)s3)CC2)o1. The second-order valence-corrected chi connectivity index (χ2v) is 9.32. The van der Waals surface area contributed by atoms with Crippen molar-refractivity contribution < 1.29 is 17.6 Å². The van der Waals surface area contributed by atoms with E-state index >= 15 is 0 Å². The van der Waals surface area contributed by atoms with Gasteiger partial charge in [-0.2, -0.15) is 4.31 Å². The summed E-state index contributed by atoms with van der Waals surface area (Å²) in [5, 5.41) is 7.60. The molecule has 0 saturated carbocycles. The summed E-state index contributed by atoms with van der Waals surface area (Å²) >= 11 is 1.27. The van der Waals surface area contributed by atoms with Crippen LogP contribution >= 0.6 is 11.3 Å². The van der Waals surface area contributed by atoms with Crippen molar-refractivity contribution >= 4 is 27.3 Å².